The molecule has 0 saturated carbocycles. The number of rotatable bonds is 4. The molecule has 6 heteroatoms. The second-order valence-electron chi connectivity index (χ2n) is 5.49. The molecule has 0 radical (unpaired) electrons. The highest BCUT2D eigenvalue weighted by Gasteiger charge is 2.25. The van der Waals surface area contributed by atoms with Crippen LogP contribution in [0.2, 0.25) is 0 Å². The first-order chi connectivity index (χ1) is 10.3. The smallest absolute Gasteiger partial charge is 0.357 e. The Morgan fingerprint density at radius 2 is 2.38 bits per heavy atom. The molecule has 1 unspecified atom stereocenters. The van der Waals surface area contributed by atoms with E-state index in [9.17, 15) is 4.79 Å². The van der Waals surface area contributed by atoms with Crippen LogP contribution in [0.3, 0.4) is 0 Å². The first-order valence-electron chi connectivity index (χ1n) is 7.62. The number of carbonyl (C=O) groups is 1. The first kappa shape index (κ1) is 14.4. The molecule has 1 saturated heterocycles. The number of carbonyl (C=O) groups excluding carboxylic acids is 1. The lowest BCUT2D eigenvalue weighted by molar-refractivity contribution is 0.0516. The molecule has 0 bridgehead atoms. The topological polar surface area (TPSA) is 73.3 Å². The lowest BCUT2D eigenvalue weighted by Gasteiger charge is -2.20. The average molecular weight is 291 g/mol. The maximum atomic E-state index is 12.1. The maximum absolute atomic E-state index is 12.1. The predicted octanol–water partition coefficient (Wildman–Crippen LogP) is 0.878. The van der Waals surface area contributed by atoms with Gasteiger partial charge in [0.1, 0.15) is 5.82 Å². The van der Waals surface area contributed by atoms with Gasteiger partial charge in [-0.2, -0.15) is 0 Å². The summed E-state index contributed by atoms with van der Waals surface area (Å²) in [6.45, 7) is 5.26. The second-order valence-corrected chi connectivity index (χ2v) is 5.49. The van der Waals surface area contributed by atoms with E-state index in [0.717, 1.165) is 56.1 Å². The summed E-state index contributed by atoms with van der Waals surface area (Å²) in [5.74, 6) is 0.859. The molecule has 2 aliphatic heterocycles. The van der Waals surface area contributed by atoms with Crippen molar-refractivity contribution in [2.24, 2.45) is 5.92 Å². The van der Waals surface area contributed by atoms with E-state index in [1.165, 1.54) is 0 Å². The third kappa shape index (κ3) is 3.22. The minimum Gasteiger partial charge on any atom is -0.461 e. The Balaban J connectivity index is 1.90. The Labute approximate surface area is 124 Å². The van der Waals surface area contributed by atoms with Gasteiger partial charge in [0.05, 0.1) is 12.3 Å². The van der Waals surface area contributed by atoms with Crippen LogP contribution >= 0.6 is 0 Å². The highest BCUT2D eigenvalue weighted by atomic mass is 16.5. The van der Waals surface area contributed by atoms with Crippen molar-refractivity contribution in [1.29, 1.82) is 0 Å². The van der Waals surface area contributed by atoms with Gasteiger partial charge >= 0.3 is 5.97 Å². The molecule has 21 heavy (non-hydrogen) atoms. The summed E-state index contributed by atoms with van der Waals surface area (Å²) in [6.07, 6.45) is 2.64. The summed E-state index contributed by atoms with van der Waals surface area (Å²) in [5, 5.41) is 3.26. The molecule has 3 rings (SSSR count). The first-order valence-corrected chi connectivity index (χ1v) is 7.62. The fourth-order valence-corrected chi connectivity index (χ4v) is 2.86. The number of nitrogens with one attached hydrogen (secondary N) is 1. The summed E-state index contributed by atoms with van der Waals surface area (Å²) < 4.78 is 10.5. The highest BCUT2D eigenvalue weighted by Crippen LogP contribution is 2.21. The number of hydrogen-bond donors (Lipinski definition) is 1. The number of fused-ring (bicyclic) bond motifs is 1. The van der Waals surface area contributed by atoms with E-state index >= 15 is 0 Å². The van der Waals surface area contributed by atoms with Crippen molar-refractivity contribution in [3.8, 4) is 0 Å². The van der Waals surface area contributed by atoms with Gasteiger partial charge in [-0.3, -0.25) is 0 Å². The Bertz CT molecular complexity index is 527. The van der Waals surface area contributed by atoms with Crippen molar-refractivity contribution in [2.45, 2.75) is 32.7 Å². The molecule has 1 atom stereocenters. The Hall–Kier alpha value is -1.53. The molecule has 114 valence electrons. The van der Waals surface area contributed by atoms with E-state index in [1.807, 2.05) is 0 Å². The molecule has 1 N–H and O–H groups in total. The van der Waals surface area contributed by atoms with Crippen LogP contribution in [0.4, 0.5) is 0 Å². The summed E-state index contributed by atoms with van der Waals surface area (Å²) in [4.78, 5) is 21.3. The molecule has 1 aromatic rings. The van der Waals surface area contributed by atoms with Gasteiger partial charge in [-0.25, -0.2) is 14.8 Å². The van der Waals surface area contributed by atoms with E-state index in [4.69, 9.17) is 9.47 Å². The monoisotopic (exact) mass is 291 g/mol. The second kappa shape index (κ2) is 6.49. The lowest BCUT2D eigenvalue weighted by Crippen LogP contribution is -2.29. The minimum atomic E-state index is -0.344. The standard InChI is InChI=1S/C15H21N3O3/c1-2-21-15(19)14-11-8-16-5-3-12(11)17-13(18-14)7-10-4-6-20-9-10/h10,16H,2-9H2,1H3. The molecule has 0 amide bonds. The van der Waals surface area contributed by atoms with Gasteiger partial charge in [-0.05, 0) is 19.3 Å². The van der Waals surface area contributed by atoms with Crippen LogP contribution in [0, 0.1) is 5.92 Å². The molecule has 1 aromatic heterocycles. The van der Waals surface area contributed by atoms with E-state index in [1.54, 1.807) is 6.92 Å². The van der Waals surface area contributed by atoms with Gasteiger partial charge < -0.3 is 14.8 Å². The molecule has 2 aliphatic rings. The molecule has 0 aromatic carbocycles. The number of ether oxygens (including phenoxy) is 2. The Morgan fingerprint density at radius 3 is 3.14 bits per heavy atom. The van der Waals surface area contributed by atoms with Crippen molar-refractivity contribution >= 4 is 5.97 Å². The zero-order valence-electron chi connectivity index (χ0n) is 12.4. The minimum absolute atomic E-state index is 0.344. The fourth-order valence-electron chi connectivity index (χ4n) is 2.86. The van der Waals surface area contributed by atoms with Crippen LogP contribution in [0.15, 0.2) is 0 Å². The summed E-state index contributed by atoms with van der Waals surface area (Å²) in [6, 6.07) is 0. The van der Waals surface area contributed by atoms with Gasteiger partial charge in [0.25, 0.3) is 0 Å². The zero-order chi connectivity index (χ0) is 14.7. The van der Waals surface area contributed by atoms with Crippen LogP contribution in [0.5, 0.6) is 0 Å². The molecular formula is C15H21N3O3. The van der Waals surface area contributed by atoms with Gasteiger partial charge in [0.2, 0.25) is 0 Å². The van der Waals surface area contributed by atoms with Crippen molar-refractivity contribution < 1.29 is 14.3 Å². The SMILES string of the molecule is CCOC(=O)c1nc(CC2CCOC2)nc2c1CNCC2. The van der Waals surface area contributed by atoms with Crippen LogP contribution < -0.4 is 5.32 Å². The van der Waals surface area contributed by atoms with E-state index in [2.05, 4.69) is 15.3 Å². The van der Waals surface area contributed by atoms with Crippen molar-refractivity contribution in [3.63, 3.8) is 0 Å². The van der Waals surface area contributed by atoms with Gasteiger partial charge in [0, 0.05) is 44.7 Å². The van der Waals surface area contributed by atoms with Crippen LogP contribution in [0.25, 0.3) is 0 Å². The summed E-state index contributed by atoms with van der Waals surface area (Å²) in [5.41, 5.74) is 2.31. The number of aromatic nitrogens is 2. The zero-order valence-corrected chi connectivity index (χ0v) is 12.4. The predicted molar refractivity (Wildman–Crippen MR) is 76.0 cm³/mol. The third-order valence-corrected chi connectivity index (χ3v) is 3.94. The normalized spacial score (nSPS) is 21.1. The Morgan fingerprint density at radius 1 is 1.48 bits per heavy atom. The van der Waals surface area contributed by atoms with Crippen LogP contribution in [-0.2, 0) is 28.9 Å². The van der Waals surface area contributed by atoms with Crippen LogP contribution in [-0.4, -0.2) is 42.3 Å². The molecule has 1 fully saturated rings. The van der Waals surface area contributed by atoms with Gasteiger partial charge in [0.15, 0.2) is 5.69 Å². The average Bonchev–Trinajstić information content (AvgIpc) is 2.99. The molecule has 3 heterocycles. The number of hydrogen-bond acceptors (Lipinski definition) is 6. The third-order valence-electron chi connectivity index (χ3n) is 3.94. The lowest BCUT2D eigenvalue weighted by atomic mass is 10.0. The Kier molecular flexibility index (Phi) is 4.45. The molecule has 6 nitrogen and oxygen atoms in total. The van der Waals surface area contributed by atoms with E-state index in [0.29, 0.717) is 24.8 Å². The number of esters is 1. The quantitative estimate of drug-likeness (QED) is 0.830. The van der Waals surface area contributed by atoms with Crippen LogP contribution in [0.1, 0.15) is 40.9 Å². The van der Waals surface area contributed by atoms with Crippen molar-refractivity contribution in [2.75, 3.05) is 26.4 Å². The van der Waals surface area contributed by atoms with E-state index in [-0.39, 0.29) is 5.97 Å². The number of nitrogens with zero attached hydrogens (tertiary/aromatic N) is 2. The largest absolute Gasteiger partial charge is 0.461 e. The molecule has 0 aliphatic carbocycles. The summed E-state index contributed by atoms with van der Waals surface area (Å²) >= 11 is 0. The van der Waals surface area contributed by atoms with Gasteiger partial charge in [-0.1, -0.05) is 0 Å². The van der Waals surface area contributed by atoms with Crippen molar-refractivity contribution in [1.82, 2.24) is 15.3 Å². The molecular weight excluding hydrogens is 270 g/mol. The van der Waals surface area contributed by atoms with Gasteiger partial charge in [-0.15, -0.1) is 0 Å². The maximum Gasteiger partial charge on any atom is 0.357 e. The molecule has 0 spiro atoms. The highest BCUT2D eigenvalue weighted by molar-refractivity contribution is 5.89. The van der Waals surface area contributed by atoms with Crippen molar-refractivity contribution in [3.05, 3.63) is 22.8 Å². The van der Waals surface area contributed by atoms with E-state index < -0.39 is 0 Å². The summed E-state index contributed by atoms with van der Waals surface area (Å²) in [7, 11) is 0. The fraction of sp³-hybridized carbons (Fsp3) is 0.667.